The minimum atomic E-state index is 0.543. The van der Waals surface area contributed by atoms with Gasteiger partial charge in [-0.1, -0.05) is 55.5 Å². The first-order valence-electron chi connectivity index (χ1n) is 9.32. The van der Waals surface area contributed by atoms with Crippen molar-refractivity contribution in [3.8, 4) is 22.2 Å². The molecule has 2 heterocycles. The average Bonchev–Trinajstić information content (AvgIpc) is 3.27. The van der Waals surface area contributed by atoms with Crippen molar-refractivity contribution in [1.82, 2.24) is 10.2 Å². The van der Waals surface area contributed by atoms with Gasteiger partial charge in [0.25, 0.3) is 0 Å². The van der Waals surface area contributed by atoms with Gasteiger partial charge < -0.3 is 4.74 Å². The molecule has 0 radical (unpaired) electrons. The van der Waals surface area contributed by atoms with Gasteiger partial charge in [0, 0.05) is 10.8 Å². The molecule has 0 aliphatic rings. The maximum atomic E-state index is 6.26. The van der Waals surface area contributed by atoms with E-state index in [0.717, 1.165) is 44.5 Å². The van der Waals surface area contributed by atoms with Gasteiger partial charge in [0.15, 0.2) is 0 Å². The first-order chi connectivity index (χ1) is 13.8. The highest BCUT2D eigenvalue weighted by Gasteiger charge is 2.15. The van der Waals surface area contributed by atoms with Crippen LogP contribution in [0.5, 0.6) is 11.6 Å². The first-order valence-corrected chi connectivity index (χ1v) is 10.2. The molecule has 0 aliphatic heterocycles. The lowest BCUT2D eigenvalue weighted by molar-refractivity contribution is 0.457. The van der Waals surface area contributed by atoms with Crippen LogP contribution in [0.4, 0.5) is 0 Å². The second-order valence-electron chi connectivity index (χ2n) is 6.64. The summed E-state index contributed by atoms with van der Waals surface area (Å²) in [7, 11) is 0. The average molecular weight is 382 g/mol. The largest absolute Gasteiger partial charge is 0.437 e. The van der Waals surface area contributed by atoms with Crippen LogP contribution in [0.1, 0.15) is 12.5 Å². The lowest BCUT2D eigenvalue weighted by atomic mass is 10.0. The van der Waals surface area contributed by atoms with E-state index in [4.69, 9.17) is 4.74 Å². The topological polar surface area (TPSA) is 35.0 Å². The molecule has 4 heteroatoms. The number of para-hydroxylation sites is 1. The summed E-state index contributed by atoms with van der Waals surface area (Å²) >= 11 is 1.67. The fourth-order valence-electron chi connectivity index (χ4n) is 3.49. The Morgan fingerprint density at radius 2 is 1.57 bits per heavy atom. The number of thiophene rings is 1. The lowest BCUT2D eigenvalue weighted by Gasteiger charge is -2.13. The normalized spacial score (nSPS) is 11.2. The Balaban J connectivity index is 1.76. The van der Waals surface area contributed by atoms with Gasteiger partial charge in [-0.3, -0.25) is 0 Å². The van der Waals surface area contributed by atoms with Crippen molar-refractivity contribution < 1.29 is 4.74 Å². The number of rotatable bonds is 4. The molecule has 0 saturated heterocycles. The summed E-state index contributed by atoms with van der Waals surface area (Å²) < 4.78 is 6.26. The van der Waals surface area contributed by atoms with Crippen LogP contribution in [0.2, 0.25) is 0 Å². The van der Waals surface area contributed by atoms with Crippen LogP contribution in [0.25, 0.3) is 32.1 Å². The second-order valence-corrected chi connectivity index (χ2v) is 7.59. The molecule has 0 bridgehead atoms. The van der Waals surface area contributed by atoms with E-state index in [2.05, 4.69) is 71.0 Å². The zero-order valence-corrected chi connectivity index (χ0v) is 16.2. The van der Waals surface area contributed by atoms with Crippen LogP contribution in [-0.4, -0.2) is 10.2 Å². The van der Waals surface area contributed by atoms with Gasteiger partial charge >= 0.3 is 0 Å². The molecule has 5 aromatic rings. The third kappa shape index (κ3) is 2.92. The highest BCUT2D eigenvalue weighted by atomic mass is 32.1. The number of hydrogen-bond acceptors (Lipinski definition) is 4. The lowest BCUT2D eigenvalue weighted by Crippen LogP contribution is -1.97. The highest BCUT2D eigenvalue weighted by Crippen LogP contribution is 2.37. The van der Waals surface area contributed by atoms with Crippen molar-refractivity contribution in [3.63, 3.8) is 0 Å². The predicted octanol–water partition coefficient (Wildman–Crippen LogP) is 6.87. The van der Waals surface area contributed by atoms with Crippen molar-refractivity contribution in [2.45, 2.75) is 13.3 Å². The van der Waals surface area contributed by atoms with Gasteiger partial charge in [-0.05, 0) is 52.4 Å². The summed E-state index contributed by atoms with van der Waals surface area (Å²) in [6.45, 7) is 2.12. The fraction of sp³-hybridized carbons (Fsp3) is 0.0833. The molecular weight excluding hydrogens is 364 g/mol. The highest BCUT2D eigenvalue weighted by molar-refractivity contribution is 7.13. The Bertz CT molecular complexity index is 1280. The van der Waals surface area contributed by atoms with E-state index >= 15 is 0 Å². The molecule has 28 heavy (non-hydrogen) atoms. The van der Waals surface area contributed by atoms with Crippen molar-refractivity contribution >= 4 is 32.9 Å². The molecule has 3 nitrogen and oxygen atoms in total. The molecule has 0 atom stereocenters. The molecule has 0 saturated carbocycles. The van der Waals surface area contributed by atoms with E-state index in [-0.39, 0.29) is 0 Å². The van der Waals surface area contributed by atoms with E-state index < -0.39 is 0 Å². The van der Waals surface area contributed by atoms with E-state index in [1.54, 1.807) is 11.3 Å². The molecule has 0 spiro atoms. The molecule has 5 rings (SSSR count). The van der Waals surface area contributed by atoms with E-state index in [1.165, 1.54) is 5.39 Å². The van der Waals surface area contributed by atoms with Crippen molar-refractivity contribution in [3.05, 3.63) is 83.7 Å². The maximum Gasteiger partial charge on any atom is 0.246 e. The van der Waals surface area contributed by atoms with Crippen molar-refractivity contribution in [2.24, 2.45) is 0 Å². The first kappa shape index (κ1) is 16.9. The number of aromatic nitrogens is 2. The van der Waals surface area contributed by atoms with E-state index in [9.17, 15) is 0 Å². The van der Waals surface area contributed by atoms with Gasteiger partial charge in [0.1, 0.15) is 11.4 Å². The second kappa shape index (κ2) is 7.06. The standard InChI is InChI=1S/C24H18N2OS/c1-2-16-8-5-6-11-21(16)27-24-20-15-18-10-4-3-9-17(18)14-19(20)23(25-26-24)22-12-7-13-28-22/h3-15H,2H2,1H3. The third-order valence-electron chi connectivity index (χ3n) is 4.93. The summed E-state index contributed by atoms with van der Waals surface area (Å²) in [4.78, 5) is 1.10. The third-order valence-corrected chi connectivity index (χ3v) is 5.80. The van der Waals surface area contributed by atoms with Crippen molar-refractivity contribution in [1.29, 1.82) is 0 Å². The van der Waals surface area contributed by atoms with Crippen LogP contribution in [0, 0.1) is 0 Å². The molecule has 136 valence electrons. The molecule has 0 unspecified atom stereocenters. The van der Waals surface area contributed by atoms with Crippen LogP contribution >= 0.6 is 11.3 Å². The van der Waals surface area contributed by atoms with E-state index in [1.807, 2.05) is 24.3 Å². The summed E-state index contributed by atoms with van der Waals surface area (Å²) in [6, 6.07) is 24.9. The molecule has 0 amide bonds. The van der Waals surface area contributed by atoms with Crippen LogP contribution in [0.3, 0.4) is 0 Å². The van der Waals surface area contributed by atoms with Gasteiger partial charge in [0.2, 0.25) is 5.88 Å². The molecule has 2 aromatic heterocycles. The number of fused-ring (bicyclic) bond motifs is 2. The Kier molecular flexibility index (Phi) is 4.26. The van der Waals surface area contributed by atoms with Gasteiger partial charge in [-0.2, -0.15) is 0 Å². The monoisotopic (exact) mass is 382 g/mol. The minimum Gasteiger partial charge on any atom is -0.437 e. The Labute approximate surface area is 167 Å². The Morgan fingerprint density at radius 3 is 2.32 bits per heavy atom. The Morgan fingerprint density at radius 1 is 0.821 bits per heavy atom. The summed E-state index contributed by atoms with van der Waals surface area (Å²) in [6.07, 6.45) is 0.901. The predicted molar refractivity (Wildman–Crippen MR) is 116 cm³/mol. The minimum absolute atomic E-state index is 0.543. The number of benzene rings is 3. The number of aryl methyl sites for hydroxylation is 1. The molecular formula is C24H18N2OS. The zero-order chi connectivity index (χ0) is 18.9. The van der Waals surface area contributed by atoms with E-state index in [0.29, 0.717) is 5.88 Å². The summed E-state index contributed by atoms with van der Waals surface area (Å²) in [5.41, 5.74) is 2.05. The quantitative estimate of drug-likeness (QED) is 0.318. The molecule has 0 aliphatic carbocycles. The molecule has 0 N–H and O–H groups in total. The summed E-state index contributed by atoms with van der Waals surface area (Å²) in [5.74, 6) is 1.37. The summed E-state index contributed by atoms with van der Waals surface area (Å²) in [5, 5.41) is 15.5. The fourth-order valence-corrected chi connectivity index (χ4v) is 4.21. The maximum absolute atomic E-state index is 6.26. The van der Waals surface area contributed by atoms with Gasteiger partial charge in [0.05, 0.1) is 4.88 Å². The Hall–Kier alpha value is -3.24. The van der Waals surface area contributed by atoms with Crippen LogP contribution in [-0.2, 0) is 6.42 Å². The number of ether oxygens (including phenoxy) is 1. The molecule has 3 aromatic carbocycles. The van der Waals surface area contributed by atoms with Crippen LogP contribution < -0.4 is 4.74 Å². The SMILES string of the molecule is CCc1ccccc1Oc1nnc(-c2cccs2)c2cc3ccccc3cc12. The smallest absolute Gasteiger partial charge is 0.246 e. The number of nitrogens with zero attached hydrogens (tertiary/aromatic N) is 2. The molecule has 0 fully saturated rings. The van der Waals surface area contributed by atoms with Gasteiger partial charge in [-0.15, -0.1) is 21.5 Å². The number of hydrogen-bond donors (Lipinski definition) is 0. The zero-order valence-electron chi connectivity index (χ0n) is 15.4. The van der Waals surface area contributed by atoms with Crippen LogP contribution in [0.15, 0.2) is 78.2 Å². The van der Waals surface area contributed by atoms with Gasteiger partial charge in [-0.25, -0.2) is 0 Å². The van der Waals surface area contributed by atoms with Crippen molar-refractivity contribution in [2.75, 3.05) is 0 Å².